The first kappa shape index (κ1) is 12.5. The Kier molecular flexibility index (Phi) is 3.88. The lowest BCUT2D eigenvalue weighted by Crippen LogP contribution is -2.25. The van der Waals surface area contributed by atoms with E-state index in [0.29, 0.717) is 23.8 Å². The topological polar surface area (TPSA) is 83.8 Å². The molecule has 0 unspecified atom stereocenters. The number of aromatic amines is 1. The van der Waals surface area contributed by atoms with Crippen LogP contribution in [-0.2, 0) is 0 Å². The predicted molar refractivity (Wildman–Crippen MR) is 70.0 cm³/mol. The Morgan fingerprint density at radius 3 is 3.00 bits per heavy atom. The molecule has 0 aliphatic heterocycles. The number of anilines is 1. The molecule has 5 nitrogen and oxygen atoms in total. The quantitative estimate of drug-likeness (QED) is 0.524. The summed E-state index contributed by atoms with van der Waals surface area (Å²) in [5.41, 5.74) is 7.64. The van der Waals surface area contributed by atoms with Gasteiger partial charge in [0.15, 0.2) is 5.69 Å². The van der Waals surface area contributed by atoms with Gasteiger partial charge in [-0.15, -0.1) is 12.3 Å². The molecular formula is C13H18N4O. The monoisotopic (exact) mass is 246 g/mol. The van der Waals surface area contributed by atoms with E-state index in [4.69, 9.17) is 12.2 Å². The number of carbonyl (C=O) groups is 1. The molecule has 1 heterocycles. The first-order chi connectivity index (χ1) is 8.74. The minimum absolute atomic E-state index is 0.212. The first-order valence-corrected chi connectivity index (χ1v) is 6.29. The van der Waals surface area contributed by atoms with E-state index in [1.165, 1.54) is 0 Å². The average Bonchev–Trinajstić information content (AvgIpc) is 3.12. The number of aromatic nitrogens is 2. The summed E-state index contributed by atoms with van der Waals surface area (Å²) in [7, 11) is 0. The van der Waals surface area contributed by atoms with Gasteiger partial charge in [0.05, 0.1) is 11.4 Å². The van der Waals surface area contributed by atoms with Gasteiger partial charge in [0.1, 0.15) is 0 Å². The summed E-state index contributed by atoms with van der Waals surface area (Å²) in [6.07, 6.45) is 9.93. The van der Waals surface area contributed by atoms with Crippen LogP contribution in [0.25, 0.3) is 0 Å². The Hall–Kier alpha value is -1.96. The molecule has 1 saturated carbocycles. The zero-order valence-corrected chi connectivity index (χ0v) is 10.3. The third-order valence-electron chi connectivity index (χ3n) is 3.07. The number of rotatable bonds is 6. The number of H-pyrrole nitrogens is 1. The van der Waals surface area contributed by atoms with E-state index in [1.54, 1.807) is 0 Å². The summed E-state index contributed by atoms with van der Waals surface area (Å²) in [4.78, 5) is 11.8. The highest BCUT2D eigenvalue weighted by Crippen LogP contribution is 2.42. The fourth-order valence-corrected chi connectivity index (χ4v) is 1.86. The van der Waals surface area contributed by atoms with Crippen molar-refractivity contribution in [2.24, 2.45) is 0 Å². The summed E-state index contributed by atoms with van der Waals surface area (Å²) in [6.45, 7) is 0.603. The SMILES string of the molecule is C#CCCCCNC(=O)c1n[nH]c(C2CC2)c1N. The maximum absolute atomic E-state index is 11.8. The normalized spacial score (nSPS) is 14.2. The molecule has 0 bridgehead atoms. The summed E-state index contributed by atoms with van der Waals surface area (Å²) in [5.74, 6) is 2.82. The molecule has 0 saturated heterocycles. The van der Waals surface area contributed by atoms with Crippen molar-refractivity contribution in [1.29, 1.82) is 0 Å². The summed E-state index contributed by atoms with van der Waals surface area (Å²) in [5, 5.41) is 9.66. The van der Waals surface area contributed by atoms with Crippen LogP contribution < -0.4 is 11.1 Å². The van der Waals surface area contributed by atoms with E-state index in [0.717, 1.165) is 37.8 Å². The molecule has 0 radical (unpaired) electrons. The molecule has 5 heteroatoms. The van der Waals surface area contributed by atoms with Crippen molar-refractivity contribution >= 4 is 11.6 Å². The van der Waals surface area contributed by atoms with Crippen LogP contribution in [0.1, 0.15) is 54.2 Å². The third-order valence-corrected chi connectivity index (χ3v) is 3.07. The Morgan fingerprint density at radius 2 is 2.33 bits per heavy atom. The maximum atomic E-state index is 11.8. The van der Waals surface area contributed by atoms with Crippen molar-refractivity contribution in [3.05, 3.63) is 11.4 Å². The van der Waals surface area contributed by atoms with Crippen LogP contribution >= 0.6 is 0 Å². The van der Waals surface area contributed by atoms with Crippen LogP contribution in [0.15, 0.2) is 0 Å². The number of unbranched alkanes of at least 4 members (excludes halogenated alkanes) is 2. The van der Waals surface area contributed by atoms with E-state index < -0.39 is 0 Å². The second kappa shape index (κ2) is 5.58. The van der Waals surface area contributed by atoms with Crippen LogP contribution in [0.2, 0.25) is 0 Å². The standard InChI is InChI=1S/C13H18N4O/c1-2-3-4-5-8-15-13(18)12-10(14)11(16-17-12)9-6-7-9/h1,9H,3-8,14H2,(H,15,18)(H,16,17). The molecule has 1 amide bonds. The number of nitrogens with zero attached hydrogens (tertiary/aromatic N) is 1. The van der Waals surface area contributed by atoms with Gasteiger partial charge in [0, 0.05) is 18.9 Å². The van der Waals surface area contributed by atoms with Gasteiger partial charge in [-0.2, -0.15) is 5.10 Å². The van der Waals surface area contributed by atoms with Crippen LogP contribution in [0, 0.1) is 12.3 Å². The molecule has 0 atom stereocenters. The number of terminal acetylenes is 1. The van der Waals surface area contributed by atoms with Gasteiger partial charge in [0.25, 0.3) is 5.91 Å². The predicted octanol–water partition coefficient (Wildman–Crippen LogP) is 1.40. The zero-order valence-electron chi connectivity index (χ0n) is 10.3. The molecule has 96 valence electrons. The van der Waals surface area contributed by atoms with Crippen molar-refractivity contribution in [3.63, 3.8) is 0 Å². The van der Waals surface area contributed by atoms with E-state index in [9.17, 15) is 4.79 Å². The van der Waals surface area contributed by atoms with Gasteiger partial charge in [-0.1, -0.05) is 0 Å². The van der Waals surface area contributed by atoms with E-state index >= 15 is 0 Å². The minimum atomic E-state index is -0.212. The van der Waals surface area contributed by atoms with Crippen molar-refractivity contribution in [2.75, 3.05) is 12.3 Å². The fourth-order valence-electron chi connectivity index (χ4n) is 1.86. The Balaban J connectivity index is 1.83. The number of amides is 1. The lowest BCUT2D eigenvalue weighted by Gasteiger charge is -2.02. The van der Waals surface area contributed by atoms with Gasteiger partial charge >= 0.3 is 0 Å². The molecule has 1 aliphatic carbocycles. The highest BCUT2D eigenvalue weighted by atomic mass is 16.1. The van der Waals surface area contributed by atoms with Crippen LogP contribution in [0.3, 0.4) is 0 Å². The van der Waals surface area contributed by atoms with Gasteiger partial charge in [-0.05, 0) is 25.7 Å². The highest BCUT2D eigenvalue weighted by Gasteiger charge is 2.30. The van der Waals surface area contributed by atoms with Crippen molar-refractivity contribution in [3.8, 4) is 12.3 Å². The van der Waals surface area contributed by atoms with Gasteiger partial charge in [-0.25, -0.2) is 0 Å². The second-order valence-electron chi connectivity index (χ2n) is 4.59. The molecular weight excluding hydrogens is 228 g/mol. The van der Waals surface area contributed by atoms with Crippen molar-refractivity contribution in [1.82, 2.24) is 15.5 Å². The van der Waals surface area contributed by atoms with Crippen LogP contribution in [0.4, 0.5) is 5.69 Å². The van der Waals surface area contributed by atoms with E-state index in [1.807, 2.05) is 0 Å². The Bertz CT molecular complexity index is 468. The maximum Gasteiger partial charge on any atom is 0.273 e. The largest absolute Gasteiger partial charge is 0.395 e. The number of nitrogens with two attached hydrogens (primary N) is 1. The van der Waals surface area contributed by atoms with Gasteiger partial charge in [-0.3, -0.25) is 9.89 Å². The van der Waals surface area contributed by atoms with Crippen LogP contribution in [0.5, 0.6) is 0 Å². The smallest absolute Gasteiger partial charge is 0.273 e. The number of nitrogen functional groups attached to an aromatic ring is 1. The molecule has 1 aliphatic rings. The van der Waals surface area contributed by atoms with Gasteiger partial charge < -0.3 is 11.1 Å². The molecule has 0 spiro atoms. The molecule has 1 aromatic heterocycles. The molecule has 18 heavy (non-hydrogen) atoms. The third kappa shape index (κ3) is 2.83. The molecule has 1 aromatic rings. The lowest BCUT2D eigenvalue weighted by molar-refractivity contribution is 0.0949. The second-order valence-corrected chi connectivity index (χ2v) is 4.59. The molecule has 0 aromatic carbocycles. The Labute approximate surface area is 107 Å². The van der Waals surface area contributed by atoms with E-state index in [-0.39, 0.29) is 5.91 Å². The molecule has 4 N–H and O–H groups in total. The summed E-state index contributed by atoms with van der Waals surface area (Å²) < 4.78 is 0. The first-order valence-electron chi connectivity index (χ1n) is 6.29. The number of hydrogen-bond acceptors (Lipinski definition) is 3. The van der Waals surface area contributed by atoms with Crippen molar-refractivity contribution < 1.29 is 4.79 Å². The van der Waals surface area contributed by atoms with Crippen molar-refractivity contribution in [2.45, 2.75) is 38.0 Å². The lowest BCUT2D eigenvalue weighted by atomic mass is 10.2. The van der Waals surface area contributed by atoms with E-state index in [2.05, 4.69) is 21.4 Å². The fraction of sp³-hybridized carbons (Fsp3) is 0.538. The van der Waals surface area contributed by atoms with Gasteiger partial charge in [0.2, 0.25) is 0 Å². The number of carbonyl (C=O) groups excluding carboxylic acids is 1. The number of nitrogens with one attached hydrogen (secondary N) is 2. The summed E-state index contributed by atoms with van der Waals surface area (Å²) in [6, 6.07) is 0. The zero-order chi connectivity index (χ0) is 13.0. The summed E-state index contributed by atoms with van der Waals surface area (Å²) >= 11 is 0. The van der Waals surface area contributed by atoms with Crippen LogP contribution in [-0.4, -0.2) is 22.6 Å². The number of hydrogen-bond donors (Lipinski definition) is 3. The molecule has 1 fully saturated rings. The minimum Gasteiger partial charge on any atom is -0.395 e. The Morgan fingerprint density at radius 1 is 1.56 bits per heavy atom. The highest BCUT2D eigenvalue weighted by molar-refractivity contribution is 5.97. The molecule has 2 rings (SSSR count). The average molecular weight is 246 g/mol.